The average molecular weight is 360 g/mol. The number of hydrogen-bond donors (Lipinski definition) is 3. The summed E-state index contributed by atoms with van der Waals surface area (Å²) < 4.78 is 0. The maximum atomic E-state index is 12.2. The van der Waals surface area contributed by atoms with Crippen molar-refractivity contribution in [3.63, 3.8) is 0 Å². The molecule has 0 spiro atoms. The molecule has 1 aliphatic rings. The lowest BCUT2D eigenvalue weighted by Gasteiger charge is -2.24. The first-order valence-corrected chi connectivity index (χ1v) is 9.57. The Morgan fingerprint density at radius 2 is 1.96 bits per heavy atom. The number of benzene rings is 1. The zero-order chi connectivity index (χ0) is 18.8. The zero-order valence-corrected chi connectivity index (χ0v) is 16.3. The van der Waals surface area contributed by atoms with Crippen molar-refractivity contribution in [2.75, 3.05) is 34.2 Å². The quantitative estimate of drug-likeness (QED) is 0.514. The Hall–Kier alpha value is -2.08. The number of carbonyl (C=O) groups is 1. The first-order valence-electron chi connectivity index (χ1n) is 9.57. The molecule has 1 saturated carbocycles. The highest BCUT2D eigenvalue weighted by atomic mass is 16.1. The van der Waals surface area contributed by atoms with Gasteiger partial charge in [0, 0.05) is 38.3 Å². The van der Waals surface area contributed by atoms with E-state index in [1.165, 1.54) is 32.1 Å². The van der Waals surface area contributed by atoms with E-state index in [0.29, 0.717) is 24.7 Å². The summed E-state index contributed by atoms with van der Waals surface area (Å²) in [5, 5.41) is 9.82. The van der Waals surface area contributed by atoms with Crippen molar-refractivity contribution in [2.45, 2.75) is 44.7 Å². The number of carbonyl (C=O) groups excluding carboxylic acids is 1. The second kappa shape index (κ2) is 10.8. The Balaban J connectivity index is 1.83. The number of hydrogen-bond acceptors (Lipinski definition) is 3. The molecule has 1 aromatic carbocycles. The zero-order valence-electron chi connectivity index (χ0n) is 16.3. The third-order valence-corrected chi connectivity index (χ3v) is 4.66. The third kappa shape index (κ3) is 7.04. The maximum Gasteiger partial charge on any atom is 0.251 e. The predicted octanol–water partition coefficient (Wildman–Crippen LogP) is 1.98. The topological polar surface area (TPSA) is 68.8 Å². The number of aliphatic imine (C=N–C) groups is 1. The Labute approximate surface area is 157 Å². The highest BCUT2D eigenvalue weighted by Gasteiger charge is 2.14. The minimum absolute atomic E-state index is 0.0292. The van der Waals surface area contributed by atoms with E-state index >= 15 is 0 Å². The number of amides is 1. The Kier molecular flexibility index (Phi) is 8.41. The van der Waals surface area contributed by atoms with Crippen molar-refractivity contribution in [2.24, 2.45) is 4.99 Å². The average Bonchev–Trinajstić information content (AvgIpc) is 2.65. The fourth-order valence-electron chi connectivity index (χ4n) is 3.14. The minimum Gasteiger partial charge on any atom is -0.354 e. The molecule has 2 rings (SSSR count). The number of likely N-dealkylation sites (N-methyl/N-ethyl adjacent to an activating group) is 1. The van der Waals surface area contributed by atoms with Crippen molar-refractivity contribution < 1.29 is 4.79 Å². The van der Waals surface area contributed by atoms with Gasteiger partial charge in [0.2, 0.25) is 0 Å². The van der Waals surface area contributed by atoms with Gasteiger partial charge in [-0.2, -0.15) is 0 Å². The summed E-state index contributed by atoms with van der Waals surface area (Å²) >= 11 is 0. The maximum absolute atomic E-state index is 12.2. The monoisotopic (exact) mass is 359 g/mol. The van der Waals surface area contributed by atoms with Gasteiger partial charge in [-0.1, -0.05) is 31.4 Å². The van der Waals surface area contributed by atoms with Gasteiger partial charge < -0.3 is 20.9 Å². The van der Waals surface area contributed by atoms with Crippen LogP contribution in [0.25, 0.3) is 0 Å². The fraction of sp³-hybridized carbons (Fsp3) is 0.600. The summed E-state index contributed by atoms with van der Waals surface area (Å²) in [6.45, 7) is 2.12. The molecule has 1 aromatic rings. The molecule has 0 atom stereocenters. The SMILES string of the molecule is CN=C(NCc1cccc(C(=O)NCCN(C)C)c1)NC1CCCCC1. The summed E-state index contributed by atoms with van der Waals surface area (Å²) in [6, 6.07) is 8.26. The van der Waals surface area contributed by atoms with Crippen LogP contribution in [0.3, 0.4) is 0 Å². The van der Waals surface area contributed by atoms with Crippen LogP contribution >= 0.6 is 0 Å². The predicted molar refractivity (Wildman–Crippen MR) is 108 cm³/mol. The lowest BCUT2D eigenvalue weighted by molar-refractivity contribution is 0.0951. The normalized spacial score (nSPS) is 15.8. The van der Waals surface area contributed by atoms with Gasteiger partial charge in [-0.3, -0.25) is 9.79 Å². The number of nitrogens with zero attached hydrogens (tertiary/aromatic N) is 2. The van der Waals surface area contributed by atoms with Crippen molar-refractivity contribution in [1.82, 2.24) is 20.9 Å². The Morgan fingerprint density at radius 1 is 1.19 bits per heavy atom. The van der Waals surface area contributed by atoms with Crippen LogP contribution in [0.4, 0.5) is 0 Å². The van der Waals surface area contributed by atoms with Gasteiger partial charge in [-0.15, -0.1) is 0 Å². The molecule has 0 heterocycles. The molecule has 0 radical (unpaired) electrons. The molecule has 0 aliphatic heterocycles. The van der Waals surface area contributed by atoms with Crippen LogP contribution < -0.4 is 16.0 Å². The summed E-state index contributed by atoms with van der Waals surface area (Å²) in [4.78, 5) is 18.6. The van der Waals surface area contributed by atoms with E-state index in [9.17, 15) is 4.79 Å². The fourth-order valence-corrected chi connectivity index (χ4v) is 3.14. The lowest BCUT2D eigenvalue weighted by Crippen LogP contribution is -2.43. The molecule has 26 heavy (non-hydrogen) atoms. The molecular formula is C20H33N5O. The van der Waals surface area contributed by atoms with E-state index in [1.54, 1.807) is 7.05 Å². The van der Waals surface area contributed by atoms with Crippen LogP contribution in [0, 0.1) is 0 Å². The summed E-state index contributed by atoms with van der Waals surface area (Å²) in [5.74, 6) is 0.802. The molecule has 6 heteroatoms. The van der Waals surface area contributed by atoms with Crippen molar-refractivity contribution in [3.8, 4) is 0 Å². The van der Waals surface area contributed by atoms with Gasteiger partial charge >= 0.3 is 0 Å². The Morgan fingerprint density at radius 3 is 2.65 bits per heavy atom. The molecule has 1 amide bonds. The molecule has 0 aromatic heterocycles. The lowest BCUT2D eigenvalue weighted by atomic mass is 9.96. The van der Waals surface area contributed by atoms with Gasteiger partial charge in [0.05, 0.1) is 0 Å². The van der Waals surface area contributed by atoms with E-state index in [1.807, 2.05) is 43.3 Å². The van der Waals surface area contributed by atoms with Crippen LogP contribution in [0.1, 0.15) is 48.0 Å². The summed E-state index contributed by atoms with van der Waals surface area (Å²) in [5.41, 5.74) is 1.76. The second-order valence-corrected chi connectivity index (χ2v) is 7.16. The largest absolute Gasteiger partial charge is 0.354 e. The van der Waals surface area contributed by atoms with Gasteiger partial charge in [0.25, 0.3) is 5.91 Å². The van der Waals surface area contributed by atoms with Crippen LogP contribution in [-0.4, -0.2) is 57.0 Å². The molecular weight excluding hydrogens is 326 g/mol. The number of nitrogens with one attached hydrogen (secondary N) is 3. The minimum atomic E-state index is -0.0292. The van der Waals surface area contributed by atoms with E-state index in [2.05, 4.69) is 20.9 Å². The van der Waals surface area contributed by atoms with Gasteiger partial charge in [0.15, 0.2) is 5.96 Å². The van der Waals surface area contributed by atoms with Crippen LogP contribution in [0.15, 0.2) is 29.3 Å². The van der Waals surface area contributed by atoms with Crippen LogP contribution in [0.5, 0.6) is 0 Å². The molecule has 1 aliphatic carbocycles. The standard InChI is InChI=1S/C20H33N5O/c1-21-20(24-18-10-5-4-6-11-18)23-15-16-8-7-9-17(14-16)19(26)22-12-13-25(2)3/h7-9,14,18H,4-6,10-13,15H2,1-3H3,(H,22,26)(H2,21,23,24). The number of guanidine groups is 1. The van der Waals surface area contributed by atoms with Crippen LogP contribution in [-0.2, 0) is 6.54 Å². The molecule has 0 bridgehead atoms. The molecule has 144 valence electrons. The summed E-state index contributed by atoms with van der Waals surface area (Å²) in [6.07, 6.45) is 6.35. The summed E-state index contributed by atoms with van der Waals surface area (Å²) in [7, 11) is 5.78. The number of rotatable bonds is 7. The molecule has 0 unspecified atom stereocenters. The highest BCUT2D eigenvalue weighted by molar-refractivity contribution is 5.94. The molecule has 1 fully saturated rings. The second-order valence-electron chi connectivity index (χ2n) is 7.16. The molecule has 3 N–H and O–H groups in total. The first kappa shape index (κ1) is 20.2. The van der Waals surface area contributed by atoms with E-state index in [0.717, 1.165) is 18.1 Å². The van der Waals surface area contributed by atoms with E-state index < -0.39 is 0 Å². The van der Waals surface area contributed by atoms with Crippen molar-refractivity contribution in [3.05, 3.63) is 35.4 Å². The Bertz CT molecular complexity index is 594. The molecule has 0 saturated heterocycles. The van der Waals surface area contributed by atoms with Gasteiger partial charge in [0.1, 0.15) is 0 Å². The van der Waals surface area contributed by atoms with Gasteiger partial charge in [-0.25, -0.2) is 0 Å². The molecule has 6 nitrogen and oxygen atoms in total. The van der Waals surface area contributed by atoms with Crippen molar-refractivity contribution >= 4 is 11.9 Å². The first-order chi connectivity index (χ1) is 12.6. The smallest absolute Gasteiger partial charge is 0.251 e. The van der Waals surface area contributed by atoms with Gasteiger partial charge in [-0.05, 0) is 44.6 Å². The van der Waals surface area contributed by atoms with Crippen LogP contribution in [0.2, 0.25) is 0 Å². The van der Waals surface area contributed by atoms with E-state index in [4.69, 9.17) is 0 Å². The third-order valence-electron chi connectivity index (χ3n) is 4.66. The van der Waals surface area contributed by atoms with E-state index in [-0.39, 0.29) is 5.91 Å². The van der Waals surface area contributed by atoms with Crippen molar-refractivity contribution in [1.29, 1.82) is 0 Å². The highest BCUT2D eigenvalue weighted by Crippen LogP contribution is 2.17.